The molecule has 2 aliphatic carbocycles. The summed E-state index contributed by atoms with van der Waals surface area (Å²) in [7, 11) is 0. The van der Waals surface area contributed by atoms with Crippen LogP contribution in [0.2, 0.25) is 0 Å². The maximum atomic E-state index is 14.6. The number of nitrogens with two attached hydrogens (primary N) is 1. The van der Waals surface area contributed by atoms with Crippen LogP contribution in [0.5, 0.6) is 0 Å². The van der Waals surface area contributed by atoms with E-state index in [1.165, 1.54) is 17.9 Å². The smallest absolute Gasteiger partial charge is 0.414 e. The number of benzene rings is 1. The Morgan fingerprint density at radius 2 is 2.28 bits per heavy atom. The third-order valence-corrected chi connectivity index (χ3v) is 5.20. The zero-order chi connectivity index (χ0) is 17.7. The van der Waals surface area contributed by atoms with Crippen LogP contribution in [0.25, 0.3) is 5.57 Å². The largest absolute Gasteiger partial charge is 0.442 e. The number of hydrogen-bond acceptors (Lipinski definition) is 4. The first-order valence-corrected chi connectivity index (χ1v) is 8.43. The highest BCUT2D eigenvalue weighted by Gasteiger charge is 2.50. The van der Waals surface area contributed by atoms with Crippen LogP contribution in [0.3, 0.4) is 0 Å². The fourth-order valence-corrected chi connectivity index (χ4v) is 3.72. The van der Waals surface area contributed by atoms with Gasteiger partial charge in [-0.15, -0.1) is 0 Å². The lowest BCUT2D eigenvalue weighted by Gasteiger charge is -2.15. The summed E-state index contributed by atoms with van der Waals surface area (Å²) >= 11 is 0. The molecule has 4 atom stereocenters. The molecule has 1 heterocycles. The van der Waals surface area contributed by atoms with Gasteiger partial charge in [-0.1, -0.05) is 6.08 Å². The average Bonchev–Trinajstić information content (AvgIpc) is 2.95. The average molecular weight is 345 g/mol. The van der Waals surface area contributed by atoms with Crippen LogP contribution < -0.4 is 16.0 Å². The first-order valence-electron chi connectivity index (χ1n) is 8.43. The summed E-state index contributed by atoms with van der Waals surface area (Å²) in [5, 5.41) is 2.61. The standard InChI is InChI=1S/C18H20FN3O3/c1-9(23)21-7-12-8-22(18(24)25-12)11-2-3-13(16(19)6-11)10-4-14-15(5-10)17(14)20/h2-4,6,12,14-15,17H,5,7-8,20H2,1H3,(H,21,23)/t12-,14-,15+,17+/m0/s1. The number of amides is 2. The molecule has 3 aliphatic rings. The molecule has 0 radical (unpaired) electrons. The van der Waals surface area contributed by atoms with E-state index < -0.39 is 12.2 Å². The Hall–Kier alpha value is -2.41. The number of nitrogens with one attached hydrogen (secondary N) is 1. The number of hydrogen-bond donors (Lipinski definition) is 2. The van der Waals surface area contributed by atoms with Gasteiger partial charge in [-0.05, 0) is 42.0 Å². The highest BCUT2D eigenvalue weighted by Crippen LogP contribution is 2.52. The molecule has 4 rings (SSSR count). The molecule has 132 valence electrons. The van der Waals surface area contributed by atoms with Crippen molar-refractivity contribution in [2.45, 2.75) is 25.5 Å². The van der Waals surface area contributed by atoms with Gasteiger partial charge in [0.05, 0.1) is 18.8 Å². The third-order valence-electron chi connectivity index (χ3n) is 5.20. The molecule has 2 fully saturated rings. The molecule has 0 spiro atoms. The normalized spacial score (nSPS) is 30.0. The lowest BCUT2D eigenvalue weighted by molar-refractivity contribution is -0.119. The van der Waals surface area contributed by atoms with Gasteiger partial charge in [0.1, 0.15) is 11.9 Å². The van der Waals surface area contributed by atoms with E-state index in [1.807, 2.05) is 0 Å². The second kappa shape index (κ2) is 5.84. The minimum atomic E-state index is -0.533. The fraction of sp³-hybridized carbons (Fsp3) is 0.444. The molecule has 1 saturated heterocycles. The van der Waals surface area contributed by atoms with Crippen LogP contribution in [-0.2, 0) is 9.53 Å². The number of anilines is 1. The molecule has 25 heavy (non-hydrogen) atoms. The van der Waals surface area contributed by atoms with Crippen LogP contribution in [0.4, 0.5) is 14.9 Å². The molecular weight excluding hydrogens is 325 g/mol. The third kappa shape index (κ3) is 2.89. The second-order valence-corrected chi connectivity index (χ2v) is 6.93. The van der Waals surface area contributed by atoms with Crippen molar-refractivity contribution in [3.05, 3.63) is 35.7 Å². The van der Waals surface area contributed by atoms with Gasteiger partial charge in [-0.3, -0.25) is 9.69 Å². The van der Waals surface area contributed by atoms with Crippen molar-refractivity contribution < 1.29 is 18.7 Å². The number of ether oxygens (including phenoxy) is 1. The number of nitrogens with zero attached hydrogens (tertiary/aromatic N) is 1. The van der Waals surface area contributed by atoms with E-state index in [9.17, 15) is 14.0 Å². The van der Waals surface area contributed by atoms with Gasteiger partial charge in [0.2, 0.25) is 5.91 Å². The van der Waals surface area contributed by atoms with Gasteiger partial charge in [0.15, 0.2) is 0 Å². The van der Waals surface area contributed by atoms with Crippen molar-refractivity contribution in [1.82, 2.24) is 5.32 Å². The number of cyclic esters (lactones) is 1. The molecule has 7 heteroatoms. The first kappa shape index (κ1) is 16.1. The Kier molecular flexibility index (Phi) is 3.76. The van der Waals surface area contributed by atoms with Crippen LogP contribution in [0.1, 0.15) is 18.9 Å². The molecule has 0 unspecified atom stereocenters. The molecule has 1 aromatic carbocycles. The van der Waals surface area contributed by atoms with E-state index in [4.69, 9.17) is 10.5 Å². The number of allylic oxidation sites excluding steroid dienone is 1. The number of halogens is 1. The molecule has 2 amide bonds. The highest BCUT2D eigenvalue weighted by atomic mass is 19.1. The molecule has 0 bridgehead atoms. The van der Waals surface area contributed by atoms with Crippen molar-refractivity contribution in [3.63, 3.8) is 0 Å². The second-order valence-electron chi connectivity index (χ2n) is 6.93. The Bertz CT molecular complexity index is 779. The predicted octanol–water partition coefficient (Wildman–Crippen LogP) is 1.65. The minimum absolute atomic E-state index is 0.187. The summed E-state index contributed by atoms with van der Waals surface area (Å²) in [5.41, 5.74) is 7.93. The van der Waals surface area contributed by atoms with Crippen LogP contribution in [-0.4, -0.2) is 37.2 Å². The predicted molar refractivity (Wildman–Crippen MR) is 90.2 cm³/mol. The fourth-order valence-electron chi connectivity index (χ4n) is 3.72. The molecule has 1 aromatic rings. The number of rotatable bonds is 4. The van der Waals surface area contributed by atoms with Crippen molar-refractivity contribution in [1.29, 1.82) is 0 Å². The van der Waals surface area contributed by atoms with Gasteiger partial charge >= 0.3 is 6.09 Å². The summed E-state index contributed by atoms with van der Waals surface area (Å²) in [4.78, 5) is 24.4. The minimum Gasteiger partial charge on any atom is -0.442 e. The molecular formula is C18H20FN3O3. The van der Waals surface area contributed by atoms with Gasteiger partial charge in [-0.2, -0.15) is 0 Å². The molecule has 3 N–H and O–H groups in total. The summed E-state index contributed by atoms with van der Waals surface area (Å²) in [5.74, 6) is 0.304. The SMILES string of the molecule is CC(=O)NC[C@H]1CN(c2ccc(C3=C[C@@H]4[C@@H](N)[C@@H]4C3)c(F)c2)C(=O)O1. The number of fused-ring (bicyclic) bond motifs is 1. The summed E-state index contributed by atoms with van der Waals surface area (Å²) in [6.45, 7) is 1.92. The zero-order valence-corrected chi connectivity index (χ0v) is 13.9. The van der Waals surface area contributed by atoms with Crippen molar-refractivity contribution >= 4 is 23.3 Å². The van der Waals surface area contributed by atoms with E-state index in [0.717, 1.165) is 12.0 Å². The number of carbonyl (C=O) groups is 2. The highest BCUT2D eigenvalue weighted by molar-refractivity contribution is 5.90. The van der Waals surface area contributed by atoms with Crippen LogP contribution >= 0.6 is 0 Å². The molecule has 6 nitrogen and oxygen atoms in total. The van der Waals surface area contributed by atoms with Crippen molar-refractivity contribution in [2.24, 2.45) is 17.6 Å². The van der Waals surface area contributed by atoms with E-state index in [-0.39, 0.29) is 30.9 Å². The lowest BCUT2D eigenvalue weighted by Crippen LogP contribution is -2.33. The Balaban J connectivity index is 1.47. The monoisotopic (exact) mass is 345 g/mol. The maximum Gasteiger partial charge on any atom is 0.414 e. The van der Waals surface area contributed by atoms with Crippen LogP contribution in [0.15, 0.2) is 24.3 Å². The van der Waals surface area contributed by atoms with Crippen LogP contribution in [0, 0.1) is 17.7 Å². The Morgan fingerprint density at radius 1 is 1.48 bits per heavy atom. The van der Waals surface area contributed by atoms with E-state index in [0.29, 0.717) is 23.1 Å². The quantitative estimate of drug-likeness (QED) is 0.869. The van der Waals surface area contributed by atoms with Gasteiger partial charge in [-0.25, -0.2) is 9.18 Å². The Morgan fingerprint density at radius 3 is 2.92 bits per heavy atom. The molecule has 1 saturated carbocycles. The summed E-state index contributed by atoms with van der Waals surface area (Å²) < 4.78 is 19.8. The summed E-state index contributed by atoms with van der Waals surface area (Å²) in [6.07, 6.45) is 1.91. The van der Waals surface area contributed by atoms with Crippen molar-refractivity contribution in [2.75, 3.05) is 18.0 Å². The zero-order valence-electron chi connectivity index (χ0n) is 13.9. The van der Waals surface area contributed by atoms with Crippen molar-refractivity contribution in [3.8, 4) is 0 Å². The van der Waals surface area contributed by atoms with Gasteiger partial charge in [0, 0.05) is 18.5 Å². The van der Waals surface area contributed by atoms with E-state index in [1.54, 1.807) is 12.1 Å². The van der Waals surface area contributed by atoms with E-state index >= 15 is 0 Å². The molecule has 1 aliphatic heterocycles. The van der Waals surface area contributed by atoms with Gasteiger partial charge in [0.25, 0.3) is 0 Å². The summed E-state index contributed by atoms with van der Waals surface area (Å²) in [6, 6.07) is 5.03. The topological polar surface area (TPSA) is 84.7 Å². The first-order chi connectivity index (χ1) is 11.9. The maximum absolute atomic E-state index is 14.6. The Labute approximate surface area is 144 Å². The van der Waals surface area contributed by atoms with E-state index in [2.05, 4.69) is 11.4 Å². The molecule has 0 aromatic heterocycles. The van der Waals surface area contributed by atoms with Gasteiger partial charge < -0.3 is 15.8 Å². The number of carbonyl (C=O) groups excluding carboxylic acids is 2. The lowest BCUT2D eigenvalue weighted by atomic mass is 10.0.